The Morgan fingerprint density at radius 3 is 1.80 bits per heavy atom. The average molecular weight is 176 g/mol. The molecule has 0 heterocycles. The van der Waals surface area contributed by atoms with E-state index in [1.54, 1.807) is 0 Å². The summed E-state index contributed by atoms with van der Waals surface area (Å²) in [6, 6.07) is 0. The van der Waals surface area contributed by atoms with Gasteiger partial charge in [0.15, 0.2) is 0 Å². The SMILES string of the molecule is CC(C)C(=O)P(=O)(O)O.[H-].[Na+]. The van der Waals surface area contributed by atoms with Crippen molar-refractivity contribution >= 4 is 13.1 Å². The van der Waals surface area contributed by atoms with Gasteiger partial charge in [-0.05, 0) is 0 Å². The second-order valence-electron chi connectivity index (χ2n) is 2.04. The standard InChI is InChI=1S/C4H9O4P.Na.H/c1-3(2)4(5)9(6,7)8;;/h3H,1-2H3,(H2,6,7,8);;/q;+1;-1. The maximum absolute atomic E-state index is 10.4. The Morgan fingerprint density at radius 1 is 1.50 bits per heavy atom. The van der Waals surface area contributed by atoms with Gasteiger partial charge in [0.05, 0.1) is 0 Å². The molecule has 2 N–H and O–H groups in total. The van der Waals surface area contributed by atoms with Crippen LogP contribution in [0.15, 0.2) is 0 Å². The number of rotatable bonds is 2. The first-order chi connectivity index (χ1) is 3.85. The number of carbonyl (C=O) groups excluding carboxylic acids is 1. The Labute approximate surface area is 82.9 Å². The molecule has 0 atom stereocenters. The van der Waals surface area contributed by atoms with Gasteiger partial charge in [-0.3, -0.25) is 9.36 Å². The first-order valence-corrected chi connectivity index (χ1v) is 4.07. The predicted molar refractivity (Wildman–Crippen MR) is 33.0 cm³/mol. The summed E-state index contributed by atoms with van der Waals surface area (Å²) in [6.07, 6.45) is 0. The van der Waals surface area contributed by atoms with Crippen LogP contribution in [0.25, 0.3) is 0 Å². The molecule has 0 aliphatic carbocycles. The molecule has 0 unspecified atom stereocenters. The summed E-state index contributed by atoms with van der Waals surface area (Å²) in [4.78, 5) is 26.8. The minimum atomic E-state index is -4.45. The largest absolute Gasteiger partial charge is 1.00 e. The van der Waals surface area contributed by atoms with Crippen LogP contribution in [0.5, 0.6) is 0 Å². The molecule has 6 heteroatoms. The van der Waals surface area contributed by atoms with E-state index < -0.39 is 19.0 Å². The van der Waals surface area contributed by atoms with E-state index in [0.29, 0.717) is 0 Å². The van der Waals surface area contributed by atoms with Gasteiger partial charge in [0.25, 0.3) is 0 Å². The molecule has 0 aliphatic heterocycles. The minimum absolute atomic E-state index is 0. The van der Waals surface area contributed by atoms with Crippen LogP contribution in [0.2, 0.25) is 0 Å². The van der Waals surface area contributed by atoms with Crippen LogP contribution in [0, 0.1) is 5.92 Å². The van der Waals surface area contributed by atoms with Gasteiger partial charge < -0.3 is 11.2 Å². The zero-order valence-corrected chi connectivity index (χ0v) is 9.13. The number of carbonyl (C=O) groups is 1. The molecule has 0 saturated heterocycles. The van der Waals surface area contributed by atoms with Crippen molar-refractivity contribution in [2.24, 2.45) is 5.92 Å². The molecule has 0 fully saturated rings. The van der Waals surface area contributed by atoms with Crippen LogP contribution < -0.4 is 29.6 Å². The molecule has 0 radical (unpaired) electrons. The van der Waals surface area contributed by atoms with E-state index in [0.717, 1.165) is 0 Å². The van der Waals surface area contributed by atoms with E-state index in [9.17, 15) is 9.36 Å². The van der Waals surface area contributed by atoms with Crippen molar-refractivity contribution in [1.82, 2.24) is 0 Å². The van der Waals surface area contributed by atoms with Crippen molar-refractivity contribution in [2.45, 2.75) is 13.8 Å². The number of hydrogen-bond donors (Lipinski definition) is 2. The molecule has 10 heavy (non-hydrogen) atoms. The van der Waals surface area contributed by atoms with Gasteiger partial charge >= 0.3 is 37.2 Å². The quantitative estimate of drug-likeness (QED) is 0.359. The topological polar surface area (TPSA) is 74.6 Å². The molecule has 56 valence electrons. The fourth-order valence-corrected chi connectivity index (χ4v) is 1.01. The summed E-state index contributed by atoms with van der Waals surface area (Å²) in [5.74, 6) is -0.592. The van der Waals surface area contributed by atoms with Crippen molar-refractivity contribution in [3.63, 3.8) is 0 Å². The summed E-state index contributed by atoms with van der Waals surface area (Å²) < 4.78 is 10.1. The maximum Gasteiger partial charge on any atom is 1.00 e. The van der Waals surface area contributed by atoms with Crippen LogP contribution >= 0.6 is 7.60 Å². The van der Waals surface area contributed by atoms with Crippen molar-refractivity contribution in [3.05, 3.63) is 0 Å². The Kier molecular flexibility index (Phi) is 6.23. The van der Waals surface area contributed by atoms with Crippen molar-refractivity contribution in [1.29, 1.82) is 0 Å². The van der Waals surface area contributed by atoms with Gasteiger partial charge in [0, 0.05) is 5.92 Å². The Balaban J connectivity index is -0.000000320. The minimum Gasteiger partial charge on any atom is -1.00 e. The summed E-state index contributed by atoms with van der Waals surface area (Å²) in [7, 11) is -4.45. The zero-order valence-electron chi connectivity index (χ0n) is 7.24. The molecule has 0 aromatic heterocycles. The van der Waals surface area contributed by atoms with E-state index in [1.165, 1.54) is 13.8 Å². The molecule has 0 aliphatic rings. The average Bonchev–Trinajstić information content (AvgIpc) is 1.62. The molecule has 0 aromatic rings. The first-order valence-electron chi connectivity index (χ1n) is 2.45. The number of hydrogen-bond acceptors (Lipinski definition) is 2. The third-order valence-electron chi connectivity index (χ3n) is 0.781. The summed E-state index contributed by atoms with van der Waals surface area (Å²) in [5, 5.41) is 0. The van der Waals surface area contributed by atoms with Gasteiger partial charge in [-0.2, -0.15) is 0 Å². The summed E-state index contributed by atoms with van der Waals surface area (Å²) in [6.45, 7) is 2.89. The fraction of sp³-hybridized carbons (Fsp3) is 0.750. The first kappa shape index (κ1) is 13.4. The Morgan fingerprint density at radius 2 is 1.80 bits per heavy atom. The molecular formula is C4H10NaO4P. The van der Waals surface area contributed by atoms with Gasteiger partial charge in [0.1, 0.15) is 0 Å². The van der Waals surface area contributed by atoms with Gasteiger partial charge in [-0.1, -0.05) is 13.8 Å². The van der Waals surface area contributed by atoms with E-state index in [2.05, 4.69) is 0 Å². The molecule has 0 rings (SSSR count). The van der Waals surface area contributed by atoms with E-state index in [4.69, 9.17) is 9.79 Å². The van der Waals surface area contributed by atoms with Crippen molar-refractivity contribution in [2.75, 3.05) is 0 Å². The smallest absolute Gasteiger partial charge is 1.00 e. The normalized spacial score (nSPS) is 10.9. The predicted octanol–water partition coefficient (Wildman–Crippen LogP) is -2.54. The van der Waals surface area contributed by atoms with E-state index >= 15 is 0 Å². The van der Waals surface area contributed by atoms with Crippen molar-refractivity contribution < 1.29 is 50.1 Å². The molecule has 0 saturated carbocycles. The molecule has 0 amide bonds. The van der Waals surface area contributed by atoms with E-state index in [-0.39, 0.29) is 31.0 Å². The van der Waals surface area contributed by atoms with Crippen LogP contribution in [-0.4, -0.2) is 15.3 Å². The monoisotopic (exact) mass is 176 g/mol. The zero-order chi connectivity index (χ0) is 7.65. The molecule has 0 spiro atoms. The van der Waals surface area contributed by atoms with Crippen LogP contribution in [-0.2, 0) is 9.36 Å². The fourth-order valence-electron chi connectivity index (χ4n) is 0.336. The second-order valence-corrected chi connectivity index (χ2v) is 3.57. The van der Waals surface area contributed by atoms with Gasteiger partial charge in [-0.15, -0.1) is 0 Å². The molecule has 4 nitrogen and oxygen atoms in total. The summed E-state index contributed by atoms with van der Waals surface area (Å²) >= 11 is 0. The molecular weight excluding hydrogens is 166 g/mol. The molecule has 0 aromatic carbocycles. The second kappa shape index (κ2) is 4.65. The van der Waals surface area contributed by atoms with E-state index in [1.807, 2.05) is 0 Å². The third-order valence-corrected chi connectivity index (χ3v) is 1.87. The van der Waals surface area contributed by atoms with Crippen LogP contribution in [0.4, 0.5) is 0 Å². The van der Waals surface area contributed by atoms with Gasteiger partial charge in [-0.25, -0.2) is 0 Å². The molecule has 0 bridgehead atoms. The Hall–Kier alpha value is 0.820. The van der Waals surface area contributed by atoms with Crippen LogP contribution in [0.3, 0.4) is 0 Å². The van der Waals surface area contributed by atoms with Gasteiger partial charge in [0.2, 0.25) is 5.52 Å². The van der Waals surface area contributed by atoms with Crippen LogP contribution in [0.1, 0.15) is 15.3 Å². The Bertz CT molecular complexity index is 165. The van der Waals surface area contributed by atoms with Crippen molar-refractivity contribution in [3.8, 4) is 0 Å². The summed E-state index contributed by atoms with van der Waals surface area (Å²) in [5.41, 5.74) is -0.998. The maximum atomic E-state index is 10.4. The third kappa shape index (κ3) is 4.61.